The van der Waals surface area contributed by atoms with Crippen molar-refractivity contribution >= 4 is 13.3 Å². The van der Waals surface area contributed by atoms with Crippen LogP contribution in [0, 0.1) is 25.8 Å². The molecule has 231 valence electrons. The number of benzene rings is 3. The Hall–Kier alpha value is -3.17. The van der Waals surface area contributed by atoms with E-state index in [0.29, 0.717) is 16.8 Å². The molecule has 5 rings (SSSR count). The molecule has 1 radical (unpaired) electrons. The summed E-state index contributed by atoms with van der Waals surface area (Å²) in [7, 11) is -1.61. The Bertz CT molecular complexity index is 2030. The Balaban J connectivity index is 0.000000290. The third kappa shape index (κ3) is 9.41. The summed E-state index contributed by atoms with van der Waals surface area (Å²) in [4.78, 5) is 8.89. The van der Waals surface area contributed by atoms with Gasteiger partial charge in [0, 0.05) is 46.2 Å². The number of aromatic nitrogens is 2. The summed E-state index contributed by atoms with van der Waals surface area (Å²) in [6.07, 6.45) is 1.47. The average molecular weight is 785 g/mol. The minimum absolute atomic E-state index is 0. The van der Waals surface area contributed by atoms with Gasteiger partial charge >= 0.3 is 0 Å². The van der Waals surface area contributed by atoms with Crippen LogP contribution in [0.4, 0.5) is 0 Å². The molecule has 0 fully saturated rings. The molecule has 0 aliphatic rings. The second-order valence-electron chi connectivity index (χ2n) is 12.0. The Morgan fingerprint density at radius 3 is 2.16 bits per heavy atom. The van der Waals surface area contributed by atoms with E-state index in [1.54, 1.807) is 74.6 Å². The van der Waals surface area contributed by atoms with Gasteiger partial charge in [0.1, 0.15) is 0 Å². The molecule has 0 aliphatic carbocycles. The van der Waals surface area contributed by atoms with Gasteiger partial charge in [-0.05, 0) is 46.4 Å². The van der Waals surface area contributed by atoms with E-state index in [0.717, 1.165) is 22.4 Å². The Morgan fingerprint density at radius 2 is 1.55 bits per heavy atom. The maximum Gasteiger partial charge on any atom is 0.0799 e. The molecule has 0 bridgehead atoms. The Kier molecular flexibility index (Phi) is 8.28. The van der Waals surface area contributed by atoms with Gasteiger partial charge in [0.25, 0.3) is 0 Å². The molecule has 0 saturated carbocycles. The van der Waals surface area contributed by atoms with Crippen LogP contribution in [0.1, 0.15) is 86.6 Å². The first kappa shape index (κ1) is 23.2. The number of pyridine rings is 2. The molecular formula is C40H46IrN2Si-2. The van der Waals surface area contributed by atoms with Crippen molar-refractivity contribution in [3.05, 3.63) is 137 Å². The van der Waals surface area contributed by atoms with Crippen LogP contribution in [0.2, 0.25) is 19.6 Å². The number of aryl methyl sites for hydroxylation is 2. The number of hydrogen-bond acceptors (Lipinski definition) is 2. The van der Waals surface area contributed by atoms with E-state index in [2.05, 4.69) is 41.7 Å². The monoisotopic (exact) mass is 785 g/mol. The van der Waals surface area contributed by atoms with Gasteiger partial charge in [0.15, 0.2) is 0 Å². The predicted molar refractivity (Wildman–Crippen MR) is 187 cm³/mol. The fourth-order valence-corrected chi connectivity index (χ4v) is 6.09. The van der Waals surface area contributed by atoms with E-state index in [9.17, 15) is 0 Å². The van der Waals surface area contributed by atoms with E-state index >= 15 is 0 Å². The molecule has 4 heteroatoms. The molecule has 44 heavy (non-hydrogen) atoms. The van der Waals surface area contributed by atoms with Gasteiger partial charge < -0.3 is 9.97 Å². The molecule has 5 aromatic rings. The minimum Gasteiger partial charge on any atom is -0.305 e. The Labute approximate surface area is 294 Å². The Morgan fingerprint density at radius 1 is 0.818 bits per heavy atom. The van der Waals surface area contributed by atoms with Crippen molar-refractivity contribution in [2.75, 3.05) is 0 Å². The second kappa shape index (κ2) is 15.7. The zero-order valence-electron chi connectivity index (χ0n) is 36.4. The normalized spacial score (nSPS) is 15.9. The largest absolute Gasteiger partial charge is 0.305 e. The molecule has 2 nitrogen and oxygen atoms in total. The molecule has 3 aromatic carbocycles. The summed E-state index contributed by atoms with van der Waals surface area (Å²) in [6, 6.07) is 27.6. The summed E-state index contributed by atoms with van der Waals surface area (Å²) in [6.45, 7) is 9.44. The number of rotatable bonds is 7. The predicted octanol–water partition coefficient (Wildman–Crippen LogP) is 10.1. The summed E-state index contributed by atoms with van der Waals surface area (Å²) in [5, 5.41) is 1.19. The zero-order valence-corrected chi connectivity index (χ0v) is 29.8. The van der Waals surface area contributed by atoms with Crippen molar-refractivity contribution in [2.45, 2.75) is 79.2 Å². The minimum atomic E-state index is -2.48. The maximum atomic E-state index is 8.68. The molecule has 0 aliphatic heterocycles. The van der Waals surface area contributed by atoms with Crippen LogP contribution >= 0.6 is 0 Å². The molecular weight excluding hydrogens is 729 g/mol. The third-order valence-electron chi connectivity index (χ3n) is 6.96. The molecule has 2 aromatic heterocycles. The first-order chi connectivity index (χ1) is 24.2. The van der Waals surface area contributed by atoms with Gasteiger partial charge in [-0.1, -0.05) is 115 Å². The number of hydrogen-bond donors (Lipinski definition) is 0. The van der Waals surface area contributed by atoms with E-state index in [1.165, 1.54) is 23.4 Å². The summed E-state index contributed by atoms with van der Waals surface area (Å²) in [5.41, 5.74) is 4.84. The van der Waals surface area contributed by atoms with Gasteiger partial charge in [-0.15, -0.1) is 70.3 Å². The third-order valence-corrected chi connectivity index (χ3v) is 8.97. The van der Waals surface area contributed by atoms with Crippen molar-refractivity contribution in [1.82, 2.24) is 9.97 Å². The molecule has 0 saturated heterocycles. The van der Waals surface area contributed by atoms with Crippen molar-refractivity contribution < 1.29 is 33.8 Å². The maximum absolute atomic E-state index is 8.68. The standard InChI is InChI=1S/C22H22N.C18H24NSi.Ir/c1-16(2)19-11-12-23-22(15-19)20-10-9-17(3)21(14-20)13-18-7-5-4-6-8-18;1-13(2)16-11-17(15-9-7-14(3)8-10-15)19-12-18(16)20(4,5)6;/h4-9,11-12,14-16H,13H2,1-3H3;7-9,11-13H,1-6H3;/q2*-1;/i3D3,13D2,16D;3D3,13D;. The van der Waals surface area contributed by atoms with E-state index < -0.39 is 39.9 Å². The van der Waals surface area contributed by atoms with E-state index in [-0.39, 0.29) is 36.8 Å². The first-order valence-electron chi connectivity index (χ1n) is 19.3. The van der Waals surface area contributed by atoms with Crippen LogP contribution < -0.4 is 5.19 Å². The average Bonchev–Trinajstić information content (AvgIpc) is 3.06. The zero-order chi connectivity index (χ0) is 39.8. The topological polar surface area (TPSA) is 25.8 Å². The van der Waals surface area contributed by atoms with Crippen molar-refractivity contribution in [1.29, 1.82) is 0 Å². The number of nitrogens with zero attached hydrogens (tertiary/aromatic N) is 2. The smallest absolute Gasteiger partial charge is 0.0799 e. The van der Waals surface area contributed by atoms with Gasteiger partial charge in [0.2, 0.25) is 0 Å². The van der Waals surface area contributed by atoms with Crippen LogP contribution in [0.15, 0.2) is 91.3 Å². The van der Waals surface area contributed by atoms with Crippen LogP contribution in [0.3, 0.4) is 0 Å². The van der Waals surface area contributed by atoms with Gasteiger partial charge in [-0.3, -0.25) is 0 Å². The van der Waals surface area contributed by atoms with Gasteiger partial charge in [-0.25, -0.2) is 0 Å². The first-order valence-corrected chi connectivity index (χ1v) is 17.8. The quantitative estimate of drug-likeness (QED) is 0.121. The molecule has 2 heterocycles. The van der Waals surface area contributed by atoms with Crippen LogP contribution in [0.25, 0.3) is 22.5 Å². The van der Waals surface area contributed by atoms with Crippen LogP contribution in [-0.2, 0) is 26.5 Å². The second-order valence-corrected chi connectivity index (χ2v) is 17.0. The van der Waals surface area contributed by atoms with Crippen LogP contribution in [0.5, 0.6) is 0 Å². The SMILES string of the molecule is [2H]C([2H])([2H])c1c[c-]c(-c2cc(C([2H])(C)C)c([Si](C)(C)C)cn2)cc1.[2H]C([2H])([2H])c1c[c-]c(-c2cc(C([2H])(C)C)ccn2)cc1C([2H])([2H])c1ccccc1.[Ir]. The van der Waals surface area contributed by atoms with Crippen LogP contribution in [-0.4, -0.2) is 18.0 Å². The van der Waals surface area contributed by atoms with Crippen molar-refractivity contribution in [2.24, 2.45) is 0 Å². The summed E-state index contributed by atoms with van der Waals surface area (Å²) in [5.74, 6) is -1.54. The molecule has 0 atom stereocenters. The molecule has 0 unspecified atom stereocenters. The van der Waals surface area contributed by atoms with Gasteiger partial charge in [-0.2, -0.15) is 0 Å². The molecule has 0 spiro atoms. The van der Waals surface area contributed by atoms with Gasteiger partial charge in [0.05, 0.1) is 8.07 Å². The molecule has 0 N–H and O–H groups in total. The van der Waals surface area contributed by atoms with E-state index in [1.807, 2.05) is 26.1 Å². The van der Waals surface area contributed by atoms with Crippen molar-refractivity contribution in [3.8, 4) is 22.5 Å². The van der Waals surface area contributed by atoms with E-state index in [4.69, 9.17) is 13.7 Å². The fourth-order valence-electron chi connectivity index (χ4n) is 4.51. The molecule has 0 amide bonds. The van der Waals surface area contributed by atoms with Crippen molar-refractivity contribution in [3.63, 3.8) is 0 Å². The fraction of sp³-hybridized carbons (Fsp3) is 0.300. The summed E-state index contributed by atoms with van der Waals surface area (Å²) >= 11 is 0. The summed E-state index contributed by atoms with van der Waals surface area (Å²) < 4.78 is 79.9.